The first-order valence-electron chi connectivity index (χ1n) is 6.29. The summed E-state index contributed by atoms with van der Waals surface area (Å²) in [6, 6.07) is 6.82. The van der Waals surface area contributed by atoms with E-state index in [9.17, 15) is 4.79 Å². The van der Waals surface area contributed by atoms with Crippen molar-refractivity contribution >= 4 is 27.9 Å². The molecule has 3 rings (SSSR count). The van der Waals surface area contributed by atoms with Crippen molar-refractivity contribution in [1.82, 2.24) is 0 Å². The van der Waals surface area contributed by atoms with Crippen LogP contribution in [0.25, 0.3) is 0 Å². The smallest absolute Gasteiger partial charge is 0.151 e. The molecular weight excluding hydrogens is 278 g/mol. The third kappa shape index (κ3) is 2.54. The van der Waals surface area contributed by atoms with E-state index in [1.165, 1.54) is 37.9 Å². The molecule has 0 heterocycles. The highest BCUT2D eigenvalue weighted by Gasteiger charge is 2.33. The summed E-state index contributed by atoms with van der Waals surface area (Å²) in [5.74, 6) is 0.903. The number of hydrogen-bond acceptors (Lipinski definition) is 2. The van der Waals surface area contributed by atoms with Gasteiger partial charge in [0.1, 0.15) is 0 Å². The molecule has 3 heteroatoms. The van der Waals surface area contributed by atoms with Gasteiger partial charge in [0, 0.05) is 28.3 Å². The van der Waals surface area contributed by atoms with Gasteiger partial charge in [-0.2, -0.15) is 0 Å². The molecule has 0 unspecified atom stereocenters. The highest BCUT2D eigenvalue weighted by atomic mass is 79.9. The summed E-state index contributed by atoms with van der Waals surface area (Å²) in [6.45, 7) is 1.19. The van der Waals surface area contributed by atoms with Crippen molar-refractivity contribution in [3.63, 3.8) is 0 Å². The summed E-state index contributed by atoms with van der Waals surface area (Å²) in [4.78, 5) is 13.3. The van der Waals surface area contributed by atoms with Gasteiger partial charge in [-0.3, -0.25) is 4.79 Å². The van der Waals surface area contributed by atoms with Crippen molar-refractivity contribution in [2.75, 3.05) is 11.4 Å². The molecule has 0 atom stereocenters. The Labute approximate surface area is 110 Å². The number of anilines is 1. The van der Waals surface area contributed by atoms with Crippen molar-refractivity contribution in [2.24, 2.45) is 5.92 Å². The molecule has 0 aliphatic heterocycles. The van der Waals surface area contributed by atoms with E-state index >= 15 is 0 Å². The zero-order valence-corrected chi connectivity index (χ0v) is 11.3. The highest BCUT2D eigenvalue weighted by Crippen LogP contribution is 2.38. The lowest BCUT2D eigenvalue weighted by molar-refractivity contribution is 0.112. The second-order valence-electron chi connectivity index (χ2n) is 5.15. The van der Waals surface area contributed by atoms with Crippen molar-refractivity contribution in [3.05, 3.63) is 28.2 Å². The Bertz CT molecular complexity index is 438. The molecule has 0 amide bonds. The fraction of sp³-hybridized carbons (Fsp3) is 0.500. The number of aldehydes is 1. The number of carbonyl (C=O) groups excluding carboxylic acids is 1. The lowest BCUT2D eigenvalue weighted by atomic mass is 10.2. The molecule has 0 radical (unpaired) electrons. The van der Waals surface area contributed by atoms with Crippen LogP contribution in [0.3, 0.4) is 0 Å². The van der Waals surface area contributed by atoms with Gasteiger partial charge < -0.3 is 4.90 Å². The highest BCUT2D eigenvalue weighted by molar-refractivity contribution is 9.10. The predicted molar refractivity (Wildman–Crippen MR) is 72.6 cm³/mol. The Morgan fingerprint density at radius 2 is 2.06 bits per heavy atom. The van der Waals surface area contributed by atoms with Crippen LogP contribution in [0.4, 0.5) is 5.69 Å². The summed E-state index contributed by atoms with van der Waals surface area (Å²) in [5, 5.41) is 0. The lowest BCUT2D eigenvalue weighted by Gasteiger charge is -2.25. The first-order valence-corrected chi connectivity index (χ1v) is 7.08. The summed E-state index contributed by atoms with van der Waals surface area (Å²) in [5.41, 5.74) is 1.99. The van der Waals surface area contributed by atoms with Crippen LogP contribution in [0, 0.1) is 5.92 Å². The zero-order chi connectivity index (χ0) is 11.8. The van der Waals surface area contributed by atoms with Gasteiger partial charge in [-0.1, -0.05) is 0 Å². The number of hydrogen-bond donors (Lipinski definition) is 0. The van der Waals surface area contributed by atoms with Crippen molar-refractivity contribution < 1.29 is 4.79 Å². The molecule has 17 heavy (non-hydrogen) atoms. The molecule has 2 aliphatic rings. The monoisotopic (exact) mass is 293 g/mol. The van der Waals surface area contributed by atoms with Gasteiger partial charge in [-0.25, -0.2) is 0 Å². The van der Waals surface area contributed by atoms with E-state index in [2.05, 4.69) is 33.0 Å². The fourth-order valence-electron chi connectivity index (χ4n) is 2.22. The van der Waals surface area contributed by atoms with Crippen LogP contribution >= 0.6 is 15.9 Å². The zero-order valence-electron chi connectivity index (χ0n) is 9.73. The maximum atomic E-state index is 10.8. The second kappa shape index (κ2) is 4.45. The largest absolute Gasteiger partial charge is 0.368 e. The average Bonchev–Trinajstić information content (AvgIpc) is 3.17. The molecule has 0 spiro atoms. The number of halogens is 1. The van der Waals surface area contributed by atoms with E-state index in [0.29, 0.717) is 0 Å². The number of nitrogens with zero attached hydrogens (tertiary/aromatic N) is 1. The van der Waals surface area contributed by atoms with Crippen molar-refractivity contribution in [2.45, 2.75) is 31.7 Å². The van der Waals surface area contributed by atoms with Crippen LogP contribution in [0.15, 0.2) is 22.7 Å². The Balaban J connectivity index is 1.83. The molecular formula is C14H16BrNO. The number of benzene rings is 1. The summed E-state index contributed by atoms with van der Waals surface area (Å²) < 4.78 is 0.909. The quantitative estimate of drug-likeness (QED) is 0.773. The molecule has 2 fully saturated rings. The molecule has 0 bridgehead atoms. The fourth-order valence-corrected chi connectivity index (χ4v) is 2.68. The van der Waals surface area contributed by atoms with Gasteiger partial charge in [-0.15, -0.1) is 0 Å². The van der Waals surface area contributed by atoms with Crippen molar-refractivity contribution in [1.29, 1.82) is 0 Å². The Morgan fingerprint density at radius 1 is 1.29 bits per heavy atom. The maximum absolute atomic E-state index is 10.8. The van der Waals surface area contributed by atoms with Gasteiger partial charge in [0.05, 0.1) is 0 Å². The Morgan fingerprint density at radius 3 is 2.59 bits per heavy atom. The van der Waals surface area contributed by atoms with E-state index in [1.807, 2.05) is 6.07 Å². The SMILES string of the molecule is O=Cc1ccc(N(CC2CC2)C2CC2)cc1Br. The molecule has 1 aromatic rings. The molecule has 90 valence electrons. The van der Waals surface area contributed by atoms with Crippen LogP contribution in [0.2, 0.25) is 0 Å². The van der Waals surface area contributed by atoms with E-state index in [0.717, 1.165) is 28.3 Å². The average molecular weight is 294 g/mol. The van der Waals surface area contributed by atoms with E-state index < -0.39 is 0 Å². The molecule has 2 nitrogen and oxygen atoms in total. The molecule has 0 aromatic heterocycles. The first-order chi connectivity index (χ1) is 8.28. The van der Waals surface area contributed by atoms with Gasteiger partial charge in [0.25, 0.3) is 0 Å². The number of carbonyl (C=O) groups is 1. The number of rotatable bonds is 5. The lowest BCUT2D eigenvalue weighted by Crippen LogP contribution is -2.27. The van der Waals surface area contributed by atoms with E-state index in [4.69, 9.17) is 0 Å². The summed E-state index contributed by atoms with van der Waals surface area (Å²) in [7, 11) is 0. The summed E-state index contributed by atoms with van der Waals surface area (Å²) in [6.07, 6.45) is 6.31. The van der Waals surface area contributed by atoms with Crippen LogP contribution in [-0.2, 0) is 0 Å². The molecule has 0 saturated heterocycles. The van der Waals surface area contributed by atoms with Crippen molar-refractivity contribution in [3.8, 4) is 0 Å². The first kappa shape index (κ1) is 11.3. The topological polar surface area (TPSA) is 20.3 Å². The molecule has 1 aromatic carbocycles. The molecule has 2 aliphatic carbocycles. The normalized spacial score (nSPS) is 19.1. The van der Waals surface area contributed by atoms with Gasteiger partial charge in [-0.05, 0) is 65.7 Å². The standard InChI is InChI=1S/C14H16BrNO/c15-14-7-13(4-3-11(14)9-17)16(12-5-6-12)8-10-1-2-10/h3-4,7,9-10,12H,1-2,5-6,8H2. The Kier molecular flexibility index (Phi) is 2.95. The van der Waals surface area contributed by atoms with Crippen LogP contribution in [0.1, 0.15) is 36.0 Å². The Hall–Kier alpha value is -0.830. The van der Waals surface area contributed by atoms with E-state index in [1.54, 1.807) is 0 Å². The third-order valence-corrected chi connectivity index (χ3v) is 4.27. The summed E-state index contributed by atoms with van der Waals surface area (Å²) >= 11 is 3.47. The van der Waals surface area contributed by atoms with Crippen LogP contribution in [0.5, 0.6) is 0 Å². The van der Waals surface area contributed by atoms with Crippen LogP contribution in [-0.4, -0.2) is 18.9 Å². The minimum atomic E-state index is 0.732. The minimum absolute atomic E-state index is 0.732. The second-order valence-corrected chi connectivity index (χ2v) is 6.00. The third-order valence-electron chi connectivity index (χ3n) is 3.58. The van der Waals surface area contributed by atoms with Crippen LogP contribution < -0.4 is 4.90 Å². The van der Waals surface area contributed by atoms with E-state index in [-0.39, 0.29) is 0 Å². The predicted octanol–water partition coefficient (Wildman–Crippen LogP) is 3.64. The van der Waals surface area contributed by atoms with Gasteiger partial charge in [0.2, 0.25) is 0 Å². The maximum Gasteiger partial charge on any atom is 0.151 e. The minimum Gasteiger partial charge on any atom is -0.368 e. The van der Waals surface area contributed by atoms with Gasteiger partial charge >= 0.3 is 0 Å². The molecule has 2 saturated carbocycles. The van der Waals surface area contributed by atoms with Gasteiger partial charge in [0.15, 0.2) is 6.29 Å². The molecule has 0 N–H and O–H groups in total.